The minimum absolute atomic E-state index is 0.283. The number of carboxylic acid groups (broad SMARTS) is 2. The molecule has 1 rings (SSSR count). The highest BCUT2D eigenvalue weighted by molar-refractivity contribution is 7.98. The normalized spacial score (nSPS) is 18.2. The highest BCUT2D eigenvalue weighted by atomic mass is 32.2. The van der Waals surface area contributed by atoms with Crippen LogP contribution in [0.25, 0.3) is 0 Å². The Balaban J connectivity index is 2.83. The maximum Gasteiger partial charge on any atom is 0.322 e. The SMILES string of the molecule is CSCCC(NC(=O)C(N)CC(=O)O)C(=O)N1CCCC1C(=O)NCC(=O)O. The van der Waals surface area contributed by atoms with Crippen LogP contribution in [0.5, 0.6) is 0 Å². The van der Waals surface area contributed by atoms with Gasteiger partial charge in [0.05, 0.1) is 12.5 Å². The average Bonchev–Trinajstić information content (AvgIpc) is 3.11. The Hall–Kier alpha value is -2.34. The van der Waals surface area contributed by atoms with Crippen LogP contribution in [0.2, 0.25) is 0 Å². The summed E-state index contributed by atoms with van der Waals surface area (Å²) in [7, 11) is 0. The van der Waals surface area contributed by atoms with Gasteiger partial charge in [-0.05, 0) is 31.3 Å². The van der Waals surface area contributed by atoms with Crippen LogP contribution in [0.4, 0.5) is 0 Å². The molecule has 3 atom stereocenters. The number of likely N-dealkylation sites (tertiary alicyclic amines) is 1. The van der Waals surface area contributed by atoms with E-state index < -0.39 is 60.8 Å². The number of rotatable bonds is 11. The molecule has 0 aliphatic carbocycles. The van der Waals surface area contributed by atoms with Crippen molar-refractivity contribution >= 4 is 41.4 Å². The van der Waals surface area contributed by atoms with Gasteiger partial charge in [0.1, 0.15) is 18.6 Å². The van der Waals surface area contributed by atoms with Gasteiger partial charge in [-0.15, -0.1) is 0 Å². The summed E-state index contributed by atoms with van der Waals surface area (Å²) in [6, 6.07) is -3.06. The van der Waals surface area contributed by atoms with E-state index in [9.17, 15) is 24.0 Å². The molecule has 0 aromatic heterocycles. The first kappa shape index (κ1) is 23.7. The van der Waals surface area contributed by atoms with Gasteiger partial charge in [-0.25, -0.2) is 0 Å². The molecule has 0 aromatic carbocycles. The van der Waals surface area contributed by atoms with Crippen molar-refractivity contribution in [2.75, 3.05) is 25.1 Å². The standard InChI is InChI=1S/C16H26N4O7S/c1-28-6-4-10(19-14(25)9(17)7-12(21)22)16(27)20-5-2-3-11(20)15(26)18-8-13(23)24/h9-11H,2-8,17H2,1H3,(H,18,26)(H,19,25)(H,21,22)(H,23,24). The third-order valence-electron chi connectivity index (χ3n) is 4.21. The summed E-state index contributed by atoms with van der Waals surface area (Å²) < 4.78 is 0. The van der Waals surface area contributed by atoms with Crippen molar-refractivity contribution in [1.82, 2.24) is 15.5 Å². The van der Waals surface area contributed by atoms with E-state index in [1.807, 2.05) is 6.26 Å². The Labute approximate surface area is 166 Å². The van der Waals surface area contributed by atoms with Crippen molar-refractivity contribution in [1.29, 1.82) is 0 Å². The van der Waals surface area contributed by atoms with Crippen LogP contribution < -0.4 is 16.4 Å². The fourth-order valence-electron chi connectivity index (χ4n) is 2.84. The number of hydrogen-bond donors (Lipinski definition) is 5. The van der Waals surface area contributed by atoms with Gasteiger partial charge in [-0.2, -0.15) is 11.8 Å². The van der Waals surface area contributed by atoms with E-state index in [2.05, 4.69) is 10.6 Å². The van der Waals surface area contributed by atoms with Crippen LogP contribution in [0.1, 0.15) is 25.7 Å². The Bertz CT molecular complexity index is 616. The molecule has 1 heterocycles. The van der Waals surface area contributed by atoms with Crippen molar-refractivity contribution in [3.63, 3.8) is 0 Å². The minimum atomic E-state index is -1.30. The molecule has 28 heavy (non-hydrogen) atoms. The average molecular weight is 418 g/mol. The van der Waals surface area contributed by atoms with Crippen molar-refractivity contribution in [2.24, 2.45) is 5.73 Å². The molecule has 1 aliphatic rings. The molecule has 1 aliphatic heterocycles. The largest absolute Gasteiger partial charge is 0.481 e. The molecule has 3 amide bonds. The Morgan fingerprint density at radius 3 is 2.46 bits per heavy atom. The van der Waals surface area contributed by atoms with Crippen molar-refractivity contribution in [3.05, 3.63) is 0 Å². The predicted molar refractivity (Wildman–Crippen MR) is 101 cm³/mol. The van der Waals surface area contributed by atoms with Crippen LogP contribution in [-0.2, 0) is 24.0 Å². The van der Waals surface area contributed by atoms with Crippen LogP contribution >= 0.6 is 11.8 Å². The Kier molecular flexibility index (Phi) is 9.73. The zero-order chi connectivity index (χ0) is 21.3. The highest BCUT2D eigenvalue weighted by Gasteiger charge is 2.38. The zero-order valence-electron chi connectivity index (χ0n) is 15.6. The molecule has 158 valence electrons. The van der Waals surface area contributed by atoms with E-state index in [4.69, 9.17) is 15.9 Å². The van der Waals surface area contributed by atoms with E-state index in [0.717, 1.165) is 0 Å². The lowest BCUT2D eigenvalue weighted by atomic mass is 10.1. The number of nitrogens with zero attached hydrogens (tertiary/aromatic N) is 1. The molecule has 6 N–H and O–H groups in total. The summed E-state index contributed by atoms with van der Waals surface area (Å²) in [5.74, 6) is -3.67. The first-order valence-corrected chi connectivity index (χ1v) is 10.1. The van der Waals surface area contributed by atoms with E-state index in [1.165, 1.54) is 16.7 Å². The molecule has 12 heteroatoms. The smallest absolute Gasteiger partial charge is 0.322 e. The quantitative estimate of drug-likeness (QED) is 0.259. The summed E-state index contributed by atoms with van der Waals surface area (Å²) in [6.45, 7) is -0.245. The van der Waals surface area contributed by atoms with E-state index >= 15 is 0 Å². The van der Waals surface area contributed by atoms with Gasteiger partial charge in [0.15, 0.2) is 0 Å². The van der Waals surface area contributed by atoms with Crippen LogP contribution in [-0.4, -0.2) is 88.0 Å². The molecule has 0 bridgehead atoms. The third-order valence-corrected chi connectivity index (χ3v) is 4.85. The number of carbonyl (C=O) groups excluding carboxylic acids is 3. The van der Waals surface area contributed by atoms with E-state index in [0.29, 0.717) is 25.1 Å². The summed E-state index contributed by atoms with van der Waals surface area (Å²) in [5, 5.41) is 22.2. The summed E-state index contributed by atoms with van der Waals surface area (Å²) in [6.07, 6.45) is 2.50. The van der Waals surface area contributed by atoms with Crippen LogP contribution in [0.3, 0.4) is 0 Å². The molecule has 0 radical (unpaired) electrons. The fourth-order valence-corrected chi connectivity index (χ4v) is 3.31. The number of carboxylic acids is 2. The van der Waals surface area contributed by atoms with Gasteiger partial charge in [0.2, 0.25) is 17.7 Å². The summed E-state index contributed by atoms with van der Waals surface area (Å²) >= 11 is 1.46. The lowest BCUT2D eigenvalue weighted by Gasteiger charge is -2.29. The maximum atomic E-state index is 12.9. The molecule has 1 fully saturated rings. The number of carbonyl (C=O) groups is 5. The molecule has 0 spiro atoms. The third kappa shape index (κ3) is 7.35. The molecular weight excluding hydrogens is 392 g/mol. The van der Waals surface area contributed by atoms with Crippen LogP contribution in [0.15, 0.2) is 0 Å². The molecule has 3 unspecified atom stereocenters. The summed E-state index contributed by atoms with van der Waals surface area (Å²) in [5.41, 5.74) is 5.55. The minimum Gasteiger partial charge on any atom is -0.481 e. The number of aliphatic carboxylic acids is 2. The van der Waals surface area contributed by atoms with Gasteiger partial charge in [-0.1, -0.05) is 0 Å². The van der Waals surface area contributed by atoms with E-state index in [-0.39, 0.29) is 6.42 Å². The first-order chi connectivity index (χ1) is 13.2. The lowest BCUT2D eigenvalue weighted by Crippen LogP contribution is -2.56. The molecule has 0 saturated carbocycles. The zero-order valence-corrected chi connectivity index (χ0v) is 16.4. The number of thioether (sulfide) groups is 1. The maximum absolute atomic E-state index is 12.9. The number of nitrogens with one attached hydrogen (secondary N) is 2. The molecule has 0 aromatic rings. The fraction of sp³-hybridized carbons (Fsp3) is 0.688. The second-order valence-corrected chi connectivity index (χ2v) is 7.33. The van der Waals surface area contributed by atoms with Crippen molar-refractivity contribution in [2.45, 2.75) is 43.8 Å². The van der Waals surface area contributed by atoms with Crippen molar-refractivity contribution < 1.29 is 34.2 Å². The van der Waals surface area contributed by atoms with Gasteiger partial charge >= 0.3 is 11.9 Å². The Morgan fingerprint density at radius 2 is 1.89 bits per heavy atom. The van der Waals surface area contributed by atoms with Crippen molar-refractivity contribution in [3.8, 4) is 0 Å². The predicted octanol–water partition coefficient (Wildman–Crippen LogP) is -1.78. The topological polar surface area (TPSA) is 179 Å². The van der Waals surface area contributed by atoms with Gasteiger partial charge < -0.3 is 31.5 Å². The van der Waals surface area contributed by atoms with Gasteiger partial charge in [0, 0.05) is 6.54 Å². The molecular formula is C16H26N4O7S. The summed E-state index contributed by atoms with van der Waals surface area (Å²) in [4.78, 5) is 59.9. The second-order valence-electron chi connectivity index (χ2n) is 6.35. The van der Waals surface area contributed by atoms with Gasteiger partial charge in [0.25, 0.3) is 0 Å². The Morgan fingerprint density at radius 1 is 1.21 bits per heavy atom. The number of hydrogen-bond acceptors (Lipinski definition) is 7. The monoisotopic (exact) mass is 418 g/mol. The molecule has 1 saturated heterocycles. The van der Waals surface area contributed by atoms with E-state index in [1.54, 1.807) is 0 Å². The molecule has 11 nitrogen and oxygen atoms in total. The number of amides is 3. The van der Waals surface area contributed by atoms with Crippen LogP contribution in [0, 0.1) is 0 Å². The lowest BCUT2D eigenvalue weighted by molar-refractivity contribution is -0.143. The second kappa shape index (κ2) is 11.5. The highest BCUT2D eigenvalue weighted by Crippen LogP contribution is 2.20. The van der Waals surface area contributed by atoms with Gasteiger partial charge in [-0.3, -0.25) is 24.0 Å². The first-order valence-electron chi connectivity index (χ1n) is 8.74. The number of nitrogens with two attached hydrogens (primary N) is 1.